The van der Waals surface area contributed by atoms with Gasteiger partial charge in [-0.3, -0.25) is 0 Å². The summed E-state index contributed by atoms with van der Waals surface area (Å²) < 4.78 is 12.4. The van der Waals surface area contributed by atoms with Crippen LogP contribution < -0.4 is 9.47 Å². The summed E-state index contributed by atoms with van der Waals surface area (Å²) in [5, 5.41) is 10.4. The summed E-state index contributed by atoms with van der Waals surface area (Å²) in [6, 6.07) is 5.92. The van der Waals surface area contributed by atoms with Crippen LogP contribution in [0.2, 0.25) is 0 Å². The van der Waals surface area contributed by atoms with Gasteiger partial charge >= 0.3 is 0 Å². The van der Waals surface area contributed by atoms with Gasteiger partial charge in [0.15, 0.2) is 0 Å². The fraction of sp³-hybridized carbons (Fsp3) is 0.522. The number of nitrogens with zero attached hydrogens (tertiary/aromatic N) is 1. The van der Waals surface area contributed by atoms with Crippen molar-refractivity contribution in [2.45, 2.75) is 79.9 Å². The van der Waals surface area contributed by atoms with Gasteiger partial charge in [0.25, 0.3) is 0 Å². The minimum absolute atomic E-state index is 0.188. The van der Waals surface area contributed by atoms with Gasteiger partial charge in [0.2, 0.25) is 5.88 Å². The average Bonchev–Trinajstić information content (AvgIpc) is 2.58. The van der Waals surface area contributed by atoms with Gasteiger partial charge in [0.05, 0.1) is 17.3 Å². The maximum Gasteiger partial charge on any atom is 0.226 e. The zero-order valence-corrected chi connectivity index (χ0v) is 17.9. The van der Waals surface area contributed by atoms with Crippen LogP contribution in [0.25, 0.3) is 0 Å². The predicted molar refractivity (Wildman–Crippen MR) is 110 cm³/mol. The van der Waals surface area contributed by atoms with Crippen molar-refractivity contribution in [2.24, 2.45) is 0 Å². The molecule has 0 fully saturated rings. The number of pyridine rings is 1. The van der Waals surface area contributed by atoms with Crippen LogP contribution in [0.5, 0.6) is 17.4 Å². The van der Waals surface area contributed by atoms with E-state index >= 15 is 0 Å². The van der Waals surface area contributed by atoms with Crippen LogP contribution in [0.1, 0.15) is 68.5 Å². The van der Waals surface area contributed by atoms with Crippen molar-refractivity contribution < 1.29 is 14.6 Å². The Morgan fingerprint density at radius 1 is 0.963 bits per heavy atom. The van der Waals surface area contributed by atoms with Crippen molar-refractivity contribution in [2.75, 3.05) is 0 Å². The number of hydrogen-bond acceptors (Lipinski definition) is 4. The quantitative estimate of drug-likeness (QED) is 0.658. The molecule has 0 amide bonds. The molecule has 0 saturated carbocycles. The summed E-state index contributed by atoms with van der Waals surface area (Å²) in [5.41, 5.74) is 3.72. The van der Waals surface area contributed by atoms with E-state index in [9.17, 15) is 5.11 Å². The first-order chi connectivity index (χ1) is 12.6. The highest BCUT2D eigenvalue weighted by Gasteiger charge is 2.21. The fourth-order valence-electron chi connectivity index (χ4n) is 3.20. The van der Waals surface area contributed by atoms with E-state index in [1.165, 1.54) is 0 Å². The van der Waals surface area contributed by atoms with Crippen molar-refractivity contribution in [1.82, 2.24) is 4.98 Å². The summed E-state index contributed by atoms with van der Waals surface area (Å²) in [7, 11) is 0. The lowest BCUT2D eigenvalue weighted by molar-refractivity contribution is 0.0778. The monoisotopic (exact) mass is 371 g/mol. The van der Waals surface area contributed by atoms with Crippen LogP contribution in [0.3, 0.4) is 0 Å². The SMILES string of the molecule is CCC(CC)Oc1cc(C)nc(Oc2cc(C)c(C(C)(C)O)cc2C)c1C. The highest BCUT2D eigenvalue weighted by atomic mass is 16.5. The van der Waals surface area contributed by atoms with Crippen molar-refractivity contribution in [3.63, 3.8) is 0 Å². The Morgan fingerprint density at radius 3 is 2.15 bits per heavy atom. The van der Waals surface area contributed by atoms with Crippen LogP contribution in [0.4, 0.5) is 0 Å². The van der Waals surface area contributed by atoms with E-state index in [4.69, 9.17) is 9.47 Å². The molecule has 1 aromatic carbocycles. The number of ether oxygens (including phenoxy) is 2. The summed E-state index contributed by atoms with van der Waals surface area (Å²) >= 11 is 0. The third-order valence-electron chi connectivity index (χ3n) is 4.90. The number of aromatic nitrogens is 1. The molecule has 0 atom stereocenters. The van der Waals surface area contributed by atoms with Crippen LogP contribution in [-0.2, 0) is 5.60 Å². The largest absolute Gasteiger partial charge is 0.490 e. The van der Waals surface area contributed by atoms with Gasteiger partial charge in [-0.2, -0.15) is 0 Å². The second-order valence-electron chi connectivity index (χ2n) is 7.84. The summed E-state index contributed by atoms with van der Waals surface area (Å²) in [4.78, 5) is 4.58. The van der Waals surface area contributed by atoms with Crippen LogP contribution >= 0.6 is 0 Å². The predicted octanol–water partition coefficient (Wildman–Crippen LogP) is 5.90. The van der Waals surface area contributed by atoms with Crippen molar-refractivity contribution in [1.29, 1.82) is 0 Å². The second kappa shape index (κ2) is 8.30. The van der Waals surface area contributed by atoms with Crippen molar-refractivity contribution in [3.8, 4) is 17.4 Å². The molecule has 1 aromatic heterocycles. The lowest BCUT2D eigenvalue weighted by Crippen LogP contribution is -2.17. The maximum atomic E-state index is 10.4. The molecule has 2 aromatic rings. The van der Waals surface area contributed by atoms with Gasteiger partial charge in [0.1, 0.15) is 11.5 Å². The standard InChI is InChI=1S/C23H33NO3/c1-9-18(10-2)26-21-13-16(5)24-22(17(21)6)27-20-12-14(3)19(11-15(20)4)23(7,8)25/h11-13,18,25H,9-10H2,1-8H3. The molecule has 0 aliphatic carbocycles. The molecule has 0 radical (unpaired) electrons. The number of aryl methyl sites for hydroxylation is 3. The van der Waals surface area contributed by atoms with E-state index < -0.39 is 5.60 Å². The van der Waals surface area contributed by atoms with E-state index in [1.807, 2.05) is 45.9 Å². The highest BCUT2D eigenvalue weighted by molar-refractivity contribution is 5.47. The van der Waals surface area contributed by atoms with E-state index in [2.05, 4.69) is 18.8 Å². The lowest BCUT2D eigenvalue weighted by atomic mass is 9.92. The number of rotatable bonds is 7. The normalized spacial score (nSPS) is 11.8. The second-order valence-corrected chi connectivity index (χ2v) is 7.84. The summed E-state index contributed by atoms with van der Waals surface area (Å²) in [6.07, 6.45) is 2.11. The van der Waals surface area contributed by atoms with Crippen molar-refractivity contribution >= 4 is 0 Å². The molecule has 0 bridgehead atoms. The Kier molecular flexibility index (Phi) is 6.53. The molecule has 0 aliphatic heterocycles. The van der Waals surface area contributed by atoms with Crippen molar-refractivity contribution in [3.05, 3.63) is 46.1 Å². The molecular formula is C23H33NO3. The molecule has 4 heteroatoms. The third-order valence-corrected chi connectivity index (χ3v) is 4.90. The molecule has 27 heavy (non-hydrogen) atoms. The molecule has 0 spiro atoms. The molecule has 0 saturated heterocycles. The minimum atomic E-state index is -0.888. The Labute approximate surface area is 163 Å². The molecule has 0 unspecified atom stereocenters. The molecule has 4 nitrogen and oxygen atoms in total. The Balaban J connectivity index is 2.40. The van der Waals surface area contributed by atoms with E-state index in [1.54, 1.807) is 13.8 Å². The number of benzene rings is 1. The lowest BCUT2D eigenvalue weighted by Gasteiger charge is -2.23. The first-order valence-electron chi connectivity index (χ1n) is 9.73. The van der Waals surface area contributed by atoms with Gasteiger partial charge in [0, 0.05) is 11.8 Å². The van der Waals surface area contributed by atoms with E-state index in [-0.39, 0.29) is 6.10 Å². The van der Waals surface area contributed by atoms with Crippen LogP contribution in [0.15, 0.2) is 18.2 Å². The van der Waals surface area contributed by atoms with Gasteiger partial charge in [-0.1, -0.05) is 13.8 Å². The minimum Gasteiger partial charge on any atom is -0.490 e. The smallest absolute Gasteiger partial charge is 0.226 e. The van der Waals surface area contributed by atoms with Gasteiger partial charge in [-0.15, -0.1) is 0 Å². The maximum absolute atomic E-state index is 10.4. The topological polar surface area (TPSA) is 51.6 Å². The zero-order chi connectivity index (χ0) is 20.4. The number of hydrogen-bond donors (Lipinski definition) is 1. The molecule has 1 heterocycles. The molecule has 1 N–H and O–H groups in total. The zero-order valence-electron chi connectivity index (χ0n) is 17.9. The Hall–Kier alpha value is -2.07. The van der Waals surface area contributed by atoms with Gasteiger partial charge in [-0.05, 0) is 83.2 Å². The van der Waals surface area contributed by atoms with E-state index in [0.717, 1.165) is 52.3 Å². The summed E-state index contributed by atoms with van der Waals surface area (Å²) in [6.45, 7) is 15.7. The molecular weight excluding hydrogens is 338 g/mol. The van der Waals surface area contributed by atoms with Gasteiger partial charge in [-0.25, -0.2) is 4.98 Å². The van der Waals surface area contributed by atoms with E-state index in [0.29, 0.717) is 5.88 Å². The molecule has 0 aliphatic rings. The highest BCUT2D eigenvalue weighted by Crippen LogP contribution is 2.35. The average molecular weight is 372 g/mol. The first kappa shape index (κ1) is 21.2. The Morgan fingerprint density at radius 2 is 1.59 bits per heavy atom. The number of aliphatic hydroxyl groups is 1. The first-order valence-corrected chi connectivity index (χ1v) is 9.73. The molecule has 2 rings (SSSR count). The van der Waals surface area contributed by atoms with Crippen LogP contribution in [0, 0.1) is 27.7 Å². The van der Waals surface area contributed by atoms with Gasteiger partial charge < -0.3 is 14.6 Å². The summed E-state index contributed by atoms with van der Waals surface area (Å²) in [5.74, 6) is 2.14. The molecule has 148 valence electrons. The third kappa shape index (κ3) is 5.01. The fourth-order valence-corrected chi connectivity index (χ4v) is 3.20. The van der Waals surface area contributed by atoms with Crippen LogP contribution in [-0.4, -0.2) is 16.2 Å². The Bertz CT molecular complexity index is 802.